The van der Waals surface area contributed by atoms with Crippen molar-refractivity contribution >= 4 is 35.6 Å². The van der Waals surface area contributed by atoms with Gasteiger partial charge in [0.2, 0.25) is 5.41 Å². The molecule has 10 heteroatoms. The number of carbonyl (C=O) groups is 6. The summed E-state index contributed by atoms with van der Waals surface area (Å²) in [5.41, 5.74) is -0.943. The van der Waals surface area contributed by atoms with Gasteiger partial charge in [-0.3, -0.25) is 38.6 Å². The summed E-state index contributed by atoms with van der Waals surface area (Å²) in [5, 5.41) is 0. The van der Waals surface area contributed by atoms with Crippen LogP contribution in [0, 0.1) is 5.41 Å². The van der Waals surface area contributed by atoms with Crippen molar-refractivity contribution in [3.63, 3.8) is 0 Å². The Balaban J connectivity index is 1.41. The summed E-state index contributed by atoms with van der Waals surface area (Å²) in [6.45, 7) is -2.21. The number of benzene rings is 4. The Kier molecular flexibility index (Phi) is 7.78. The number of rotatable bonds is 10. The lowest BCUT2D eigenvalue weighted by atomic mass is 9.86. The zero-order valence-corrected chi connectivity index (χ0v) is 23.9. The average molecular weight is 603 g/mol. The smallest absolute Gasteiger partial charge is 0.327 e. The predicted molar refractivity (Wildman–Crippen MR) is 159 cm³/mol. The summed E-state index contributed by atoms with van der Waals surface area (Å²) in [6.07, 6.45) is 0. The van der Waals surface area contributed by atoms with Gasteiger partial charge in [-0.2, -0.15) is 0 Å². The molecule has 4 aromatic carbocycles. The fourth-order valence-electron chi connectivity index (χ4n) is 5.42. The van der Waals surface area contributed by atoms with Crippen molar-refractivity contribution in [3.8, 4) is 0 Å². The predicted octanol–water partition coefficient (Wildman–Crippen LogP) is 4.05. The van der Waals surface area contributed by atoms with Gasteiger partial charge in [0.1, 0.15) is 13.2 Å². The van der Waals surface area contributed by atoms with Crippen molar-refractivity contribution in [3.05, 3.63) is 143 Å². The van der Waals surface area contributed by atoms with Gasteiger partial charge in [0.25, 0.3) is 23.6 Å². The van der Waals surface area contributed by atoms with Crippen LogP contribution in [0.4, 0.5) is 0 Å². The Morgan fingerprint density at radius 2 is 0.756 bits per heavy atom. The summed E-state index contributed by atoms with van der Waals surface area (Å²) >= 11 is 0. The minimum absolute atomic E-state index is 0.0902. The highest BCUT2D eigenvalue weighted by Crippen LogP contribution is 2.34. The number of amides is 4. The zero-order valence-electron chi connectivity index (χ0n) is 23.9. The van der Waals surface area contributed by atoms with Gasteiger partial charge in [-0.15, -0.1) is 0 Å². The Bertz CT molecular complexity index is 1630. The van der Waals surface area contributed by atoms with E-state index in [-0.39, 0.29) is 35.5 Å². The molecule has 10 nitrogen and oxygen atoms in total. The highest BCUT2D eigenvalue weighted by molar-refractivity contribution is 6.23. The van der Waals surface area contributed by atoms with Crippen LogP contribution in [0.25, 0.3) is 0 Å². The maximum atomic E-state index is 14.2. The third-order valence-electron chi connectivity index (χ3n) is 7.82. The van der Waals surface area contributed by atoms with Gasteiger partial charge >= 0.3 is 11.9 Å². The van der Waals surface area contributed by atoms with E-state index in [4.69, 9.17) is 9.47 Å². The van der Waals surface area contributed by atoms with Crippen molar-refractivity contribution in [2.45, 2.75) is 13.2 Å². The second-order valence-electron chi connectivity index (χ2n) is 10.7. The molecule has 0 spiro atoms. The van der Waals surface area contributed by atoms with Crippen molar-refractivity contribution < 1.29 is 38.2 Å². The average Bonchev–Trinajstić information content (AvgIpc) is 3.46. The summed E-state index contributed by atoms with van der Waals surface area (Å²) < 4.78 is 11.3. The summed E-state index contributed by atoms with van der Waals surface area (Å²) in [7, 11) is 0. The Morgan fingerprint density at radius 3 is 1.07 bits per heavy atom. The first-order valence-corrected chi connectivity index (χ1v) is 14.1. The highest BCUT2D eigenvalue weighted by Gasteiger charge is 2.57. The monoisotopic (exact) mass is 602 g/mol. The van der Waals surface area contributed by atoms with Crippen molar-refractivity contribution in [1.82, 2.24) is 9.80 Å². The van der Waals surface area contributed by atoms with E-state index in [0.717, 1.165) is 9.80 Å². The molecule has 0 atom stereocenters. The number of hydrogen-bond donors (Lipinski definition) is 0. The van der Waals surface area contributed by atoms with Crippen LogP contribution < -0.4 is 0 Å². The molecule has 0 saturated carbocycles. The first-order chi connectivity index (χ1) is 21.8. The van der Waals surface area contributed by atoms with Crippen LogP contribution in [0.3, 0.4) is 0 Å². The number of imide groups is 2. The minimum atomic E-state index is -2.50. The summed E-state index contributed by atoms with van der Waals surface area (Å²) in [5.74, 6) is -5.30. The zero-order chi connectivity index (χ0) is 31.6. The van der Waals surface area contributed by atoms with E-state index in [1.807, 2.05) is 0 Å². The first-order valence-electron chi connectivity index (χ1n) is 14.1. The quantitative estimate of drug-likeness (QED) is 0.151. The fourth-order valence-corrected chi connectivity index (χ4v) is 5.42. The number of esters is 2. The molecule has 0 fully saturated rings. The normalized spacial score (nSPS) is 14.0. The number of carbonyl (C=O) groups excluding carboxylic acids is 6. The van der Waals surface area contributed by atoms with E-state index in [1.54, 1.807) is 84.9 Å². The largest absolute Gasteiger partial charge is 0.460 e. The Labute approximate surface area is 257 Å². The molecule has 45 heavy (non-hydrogen) atoms. The van der Waals surface area contributed by atoms with Gasteiger partial charge in [-0.05, 0) is 35.4 Å². The van der Waals surface area contributed by atoms with Gasteiger partial charge in [-0.1, -0.05) is 84.9 Å². The molecular formula is C35H26N2O8. The highest BCUT2D eigenvalue weighted by atomic mass is 16.6. The van der Waals surface area contributed by atoms with Crippen molar-refractivity contribution in [2.75, 3.05) is 13.1 Å². The number of hydrogen-bond acceptors (Lipinski definition) is 8. The molecule has 224 valence electrons. The SMILES string of the molecule is O=C1c2ccccc2C(=O)N1CC(CN1C(=O)c2ccccc2C1=O)(C(=O)OCc1ccccc1)C(=O)OCc1ccccc1. The molecule has 2 heterocycles. The number of nitrogens with zero attached hydrogens (tertiary/aromatic N) is 2. The summed E-state index contributed by atoms with van der Waals surface area (Å²) in [4.78, 5) is 83.9. The maximum Gasteiger partial charge on any atom is 0.327 e. The second-order valence-corrected chi connectivity index (χ2v) is 10.7. The Morgan fingerprint density at radius 1 is 0.467 bits per heavy atom. The van der Waals surface area contributed by atoms with Crippen LogP contribution in [0.15, 0.2) is 109 Å². The lowest BCUT2D eigenvalue weighted by Gasteiger charge is -2.34. The minimum Gasteiger partial charge on any atom is -0.460 e. The molecular weight excluding hydrogens is 576 g/mol. The third kappa shape index (κ3) is 5.38. The van der Waals surface area contributed by atoms with Crippen molar-refractivity contribution in [1.29, 1.82) is 0 Å². The van der Waals surface area contributed by atoms with Crippen LogP contribution in [-0.4, -0.2) is 58.5 Å². The van der Waals surface area contributed by atoms with Crippen molar-refractivity contribution in [2.24, 2.45) is 5.41 Å². The topological polar surface area (TPSA) is 127 Å². The van der Waals surface area contributed by atoms with E-state index in [9.17, 15) is 28.8 Å². The van der Waals surface area contributed by atoms with Gasteiger partial charge < -0.3 is 9.47 Å². The second kappa shape index (κ2) is 12.0. The van der Waals surface area contributed by atoms with Gasteiger partial charge in [0, 0.05) is 0 Å². The molecule has 0 aliphatic carbocycles. The molecule has 2 aliphatic heterocycles. The van der Waals surface area contributed by atoms with Crippen LogP contribution in [0.5, 0.6) is 0 Å². The molecule has 4 amide bonds. The van der Waals surface area contributed by atoms with E-state index in [1.165, 1.54) is 24.3 Å². The van der Waals surface area contributed by atoms with Crippen LogP contribution in [0.1, 0.15) is 52.6 Å². The summed E-state index contributed by atoms with van der Waals surface area (Å²) in [6, 6.07) is 29.5. The first kappa shape index (κ1) is 29.2. The van der Waals surface area contributed by atoms with Crippen LogP contribution >= 0.6 is 0 Å². The van der Waals surface area contributed by atoms with Crippen LogP contribution in [0.2, 0.25) is 0 Å². The van der Waals surface area contributed by atoms with Crippen LogP contribution in [-0.2, 0) is 32.3 Å². The fraction of sp³-hybridized carbons (Fsp3) is 0.143. The molecule has 0 N–H and O–H groups in total. The lowest BCUT2D eigenvalue weighted by molar-refractivity contribution is -0.175. The van der Waals surface area contributed by atoms with E-state index in [2.05, 4.69) is 0 Å². The van der Waals surface area contributed by atoms with E-state index >= 15 is 0 Å². The molecule has 6 rings (SSSR count). The van der Waals surface area contributed by atoms with Gasteiger partial charge in [0.05, 0.1) is 35.3 Å². The Hall–Kier alpha value is -5.90. The molecule has 0 unspecified atom stereocenters. The van der Waals surface area contributed by atoms with E-state index in [0.29, 0.717) is 11.1 Å². The standard InChI is InChI=1S/C35H26N2O8/c38-29-25-15-7-8-16-26(25)30(39)36(29)21-35(33(42)44-19-23-11-3-1-4-12-23,34(43)45-20-24-13-5-2-6-14-24)22-37-31(40)27-17-9-10-18-28(27)32(37)41/h1-18H,19-22H2. The van der Waals surface area contributed by atoms with E-state index < -0.39 is 54.1 Å². The molecule has 0 saturated heterocycles. The molecule has 2 aliphatic rings. The van der Waals surface area contributed by atoms with Gasteiger partial charge in [0.15, 0.2) is 0 Å². The molecule has 0 aromatic heterocycles. The molecule has 0 bridgehead atoms. The number of fused-ring (bicyclic) bond motifs is 2. The molecule has 0 radical (unpaired) electrons. The van der Waals surface area contributed by atoms with Gasteiger partial charge in [-0.25, -0.2) is 0 Å². The number of ether oxygens (including phenoxy) is 2. The molecule has 4 aromatic rings. The maximum absolute atomic E-state index is 14.2. The third-order valence-corrected chi connectivity index (χ3v) is 7.82. The lowest BCUT2D eigenvalue weighted by Crippen LogP contribution is -2.58.